The molecular weight excluding hydrogens is 362 g/mol. The number of allylic oxidation sites excluding steroid dienone is 1. The van der Waals surface area contributed by atoms with Crippen molar-refractivity contribution in [2.45, 2.75) is 43.5 Å². The average molecular weight is 383 g/mol. The third kappa shape index (κ3) is 2.71. The highest BCUT2D eigenvalue weighted by atomic mass is 32.2. The van der Waals surface area contributed by atoms with Crippen molar-refractivity contribution in [2.24, 2.45) is 0 Å². The molecule has 0 fully saturated rings. The summed E-state index contributed by atoms with van der Waals surface area (Å²) >= 11 is 1.41. The Labute approximate surface area is 160 Å². The zero-order valence-electron chi connectivity index (χ0n) is 15.3. The van der Waals surface area contributed by atoms with Crippen LogP contribution in [0.2, 0.25) is 0 Å². The molecule has 140 valence electrons. The molecule has 7 nitrogen and oxygen atoms in total. The molecule has 0 aromatic carbocycles. The Morgan fingerprint density at radius 3 is 2.93 bits per heavy atom. The topological polar surface area (TPSA) is 85.8 Å². The summed E-state index contributed by atoms with van der Waals surface area (Å²) < 4.78 is 3.25. The second-order valence-corrected chi connectivity index (χ2v) is 7.42. The van der Waals surface area contributed by atoms with E-state index in [2.05, 4.69) is 16.5 Å². The summed E-state index contributed by atoms with van der Waals surface area (Å²) in [6.07, 6.45) is 7.18. The first-order valence-corrected chi connectivity index (χ1v) is 10.1. The number of aliphatic hydroxyl groups is 1. The average Bonchev–Trinajstić information content (AvgIpc) is 3.17. The number of nitrogens with zero attached hydrogens (tertiary/aromatic N) is 5. The van der Waals surface area contributed by atoms with Crippen LogP contribution in [0.3, 0.4) is 0 Å². The number of hydrogen-bond acceptors (Lipinski definition) is 6. The molecule has 8 heteroatoms. The molecule has 0 saturated carbocycles. The van der Waals surface area contributed by atoms with Crippen LogP contribution >= 0.6 is 11.8 Å². The summed E-state index contributed by atoms with van der Waals surface area (Å²) in [5, 5.41) is 11.9. The van der Waals surface area contributed by atoms with Gasteiger partial charge in [0.2, 0.25) is 0 Å². The van der Waals surface area contributed by atoms with E-state index in [1.165, 1.54) is 11.8 Å². The van der Waals surface area contributed by atoms with Crippen LogP contribution < -0.4 is 5.56 Å². The Kier molecular flexibility index (Phi) is 4.39. The summed E-state index contributed by atoms with van der Waals surface area (Å²) in [5.41, 5.74) is 1.15. The highest BCUT2D eigenvalue weighted by molar-refractivity contribution is 7.98. The van der Waals surface area contributed by atoms with Gasteiger partial charge in [0.1, 0.15) is 11.0 Å². The van der Waals surface area contributed by atoms with Gasteiger partial charge in [-0.15, -0.1) is 6.58 Å². The van der Waals surface area contributed by atoms with E-state index < -0.39 is 5.60 Å². The van der Waals surface area contributed by atoms with Crippen molar-refractivity contribution >= 4 is 22.8 Å². The molecule has 3 aromatic heterocycles. The molecule has 0 amide bonds. The minimum absolute atomic E-state index is 0.189. The first-order valence-electron chi connectivity index (χ1n) is 8.89. The van der Waals surface area contributed by atoms with E-state index in [1.807, 2.05) is 25.3 Å². The Morgan fingerprint density at radius 1 is 1.41 bits per heavy atom. The fourth-order valence-corrected chi connectivity index (χ4v) is 3.97. The van der Waals surface area contributed by atoms with Crippen LogP contribution in [-0.2, 0) is 18.6 Å². The molecule has 0 unspecified atom stereocenters. The zero-order valence-corrected chi connectivity index (χ0v) is 16.2. The van der Waals surface area contributed by atoms with Gasteiger partial charge in [-0.2, -0.15) is 0 Å². The second-order valence-electron chi connectivity index (χ2n) is 6.64. The fourth-order valence-electron chi connectivity index (χ4n) is 3.64. The van der Waals surface area contributed by atoms with Crippen molar-refractivity contribution < 1.29 is 5.11 Å². The Hall–Kier alpha value is -2.45. The number of rotatable bonds is 5. The normalized spacial score (nSPS) is 18.8. The minimum Gasteiger partial charge on any atom is -0.384 e. The predicted molar refractivity (Wildman–Crippen MR) is 105 cm³/mol. The minimum atomic E-state index is -0.919. The smallest absolute Gasteiger partial charge is 0.278 e. The standard InChI is InChI=1S/C19H21N5O2S/c1-4-10-23-17(25)13-11-20-18(27-3)22-16(13)24(23)14-7-6-12-8-9-19(26,5-2)15(12)21-14/h4,6-7,11,26H,1,5,8-10H2,2-3H3/t19-/m1/s1. The highest BCUT2D eigenvalue weighted by Crippen LogP contribution is 2.38. The van der Waals surface area contributed by atoms with Gasteiger partial charge in [0.05, 0.1) is 12.2 Å². The molecule has 1 aliphatic carbocycles. The fraction of sp³-hybridized carbons (Fsp3) is 0.368. The van der Waals surface area contributed by atoms with Crippen LogP contribution in [-0.4, -0.2) is 35.7 Å². The van der Waals surface area contributed by atoms with Gasteiger partial charge in [0, 0.05) is 6.20 Å². The summed E-state index contributed by atoms with van der Waals surface area (Å²) in [5.74, 6) is 0.558. The highest BCUT2D eigenvalue weighted by Gasteiger charge is 2.37. The summed E-state index contributed by atoms with van der Waals surface area (Å²) in [6.45, 7) is 6.03. The maximum absolute atomic E-state index is 12.9. The lowest BCUT2D eigenvalue weighted by Gasteiger charge is -2.21. The van der Waals surface area contributed by atoms with Gasteiger partial charge in [0.15, 0.2) is 16.6 Å². The number of fused-ring (bicyclic) bond motifs is 2. The molecule has 0 aliphatic heterocycles. The SMILES string of the molecule is C=CCn1c(=O)c2cnc(SC)nc2n1-c1ccc2c(n1)[C@@](O)(CC)CC2. The number of thioether (sulfide) groups is 1. The molecule has 1 N–H and O–H groups in total. The lowest BCUT2D eigenvalue weighted by Crippen LogP contribution is -2.25. The molecule has 0 saturated heterocycles. The van der Waals surface area contributed by atoms with E-state index in [0.29, 0.717) is 47.1 Å². The summed E-state index contributed by atoms with van der Waals surface area (Å²) in [6, 6.07) is 3.86. The molecule has 27 heavy (non-hydrogen) atoms. The zero-order chi connectivity index (χ0) is 19.2. The maximum Gasteiger partial charge on any atom is 0.278 e. The molecule has 4 rings (SSSR count). The van der Waals surface area contributed by atoms with E-state index in [9.17, 15) is 9.90 Å². The Bertz CT molecular complexity index is 1100. The van der Waals surface area contributed by atoms with Crippen molar-refractivity contribution in [3.63, 3.8) is 0 Å². The van der Waals surface area contributed by atoms with Crippen LogP contribution in [0.5, 0.6) is 0 Å². The lowest BCUT2D eigenvalue weighted by atomic mass is 9.98. The lowest BCUT2D eigenvalue weighted by molar-refractivity contribution is 0.0306. The van der Waals surface area contributed by atoms with Crippen LogP contribution in [0.4, 0.5) is 0 Å². The molecule has 0 radical (unpaired) electrons. The van der Waals surface area contributed by atoms with Gasteiger partial charge in [-0.3, -0.25) is 4.79 Å². The predicted octanol–water partition coefficient (Wildman–Crippen LogP) is 2.43. The van der Waals surface area contributed by atoms with Gasteiger partial charge >= 0.3 is 0 Å². The molecule has 3 aromatic rings. The molecule has 0 bridgehead atoms. The van der Waals surface area contributed by atoms with Crippen molar-refractivity contribution in [3.8, 4) is 5.82 Å². The Balaban J connectivity index is 2.01. The largest absolute Gasteiger partial charge is 0.384 e. The van der Waals surface area contributed by atoms with Crippen molar-refractivity contribution in [1.29, 1.82) is 0 Å². The maximum atomic E-state index is 12.9. The van der Waals surface area contributed by atoms with Crippen molar-refractivity contribution in [3.05, 3.63) is 52.6 Å². The molecular formula is C19H21N5O2S. The Morgan fingerprint density at radius 2 is 2.22 bits per heavy atom. The van der Waals surface area contributed by atoms with Gasteiger partial charge in [-0.25, -0.2) is 24.3 Å². The van der Waals surface area contributed by atoms with Gasteiger partial charge < -0.3 is 5.11 Å². The number of hydrogen-bond donors (Lipinski definition) is 1. The van der Waals surface area contributed by atoms with Gasteiger partial charge in [0.25, 0.3) is 5.56 Å². The molecule has 0 spiro atoms. The van der Waals surface area contributed by atoms with Crippen LogP contribution in [0.15, 0.2) is 40.9 Å². The first kappa shape index (κ1) is 17.9. The number of pyridine rings is 1. The van der Waals surface area contributed by atoms with Crippen molar-refractivity contribution in [2.75, 3.05) is 6.26 Å². The molecule has 3 heterocycles. The third-order valence-corrected chi connectivity index (χ3v) is 5.71. The molecule has 1 atom stereocenters. The summed E-state index contributed by atoms with van der Waals surface area (Å²) in [7, 11) is 0. The van der Waals surface area contributed by atoms with E-state index >= 15 is 0 Å². The molecule has 1 aliphatic rings. The van der Waals surface area contributed by atoms with Crippen LogP contribution in [0.1, 0.15) is 31.0 Å². The van der Waals surface area contributed by atoms with E-state index in [4.69, 9.17) is 4.98 Å². The third-order valence-electron chi connectivity index (χ3n) is 5.15. The van der Waals surface area contributed by atoms with Crippen molar-refractivity contribution in [1.82, 2.24) is 24.3 Å². The van der Waals surface area contributed by atoms with E-state index in [0.717, 1.165) is 12.0 Å². The second kappa shape index (κ2) is 6.61. The van der Waals surface area contributed by atoms with Gasteiger partial charge in [-0.05, 0) is 37.1 Å². The van der Waals surface area contributed by atoms with E-state index in [-0.39, 0.29) is 5.56 Å². The number of aryl methyl sites for hydroxylation is 1. The summed E-state index contributed by atoms with van der Waals surface area (Å²) in [4.78, 5) is 26.4. The monoisotopic (exact) mass is 383 g/mol. The van der Waals surface area contributed by atoms with Gasteiger partial charge in [-0.1, -0.05) is 30.8 Å². The van der Waals surface area contributed by atoms with Crippen LogP contribution in [0.25, 0.3) is 16.9 Å². The van der Waals surface area contributed by atoms with Crippen LogP contribution in [0, 0.1) is 0 Å². The quantitative estimate of drug-likeness (QED) is 0.414. The first-order chi connectivity index (χ1) is 13.0. The number of aromatic nitrogens is 5. The van der Waals surface area contributed by atoms with E-state index in [1.54, 1.807) is 21.6 Å².